The molecule has 0 bridgehead atoms. The third kappa shape index (κ3) is 3.28. The van der Waals surface area contributed by atoms with E-state index in [-0.39, 0.29) is 5.82 Å². The van der Waals surface area contributed by atoms with Gasteiger partial charge in [0.1, 0.15) is 5.82 Å². The van der Waals surface area contributed by atoms with Gasteiger partial charge in [-0.2, -0.15) is 0 Å². The molecule has 0 N–H and O–H groups in total. The summed E-state index contributed by atoms with van der Waals surface area (Å²) in [7, 11) is 0. The van der Waals surface area contributed by atoms with Gasteiger partial charge >= 0.3 is 0 Å². The van der Waals surface area contributed by atoms with Gasteiger partial charge < -0.3 is 9.64 Å². The molecule has 1 aliphatic carbocycles. The zero-order valence-corrected chi connectivity index (χ0v) is 14.3. The second kappa shape index (κ2) is 7.11. The van der Waals surface area contributed by atoms with Crippen LogP contribution in [0.5, 0.6) is 0 Å². The molecule has 2 aliphatic rings. The molecule has 0 atom stereocenters. The van der Waals surface area contributed by atoms with Gasteiger partial charge in [0.05, 0.1) is 18.9 Å². The molecule has 0 amide bonds. The minimum Gasteiger partial charge on any atom is -0.378 e. The van der Waals surface area contributed by atoms with Crippen molar-refractivity contribution >= 4 is 17.7 Å². The summed E-state index contributed by atoms with van der Waals surface area (Å²) in [5, 5.41) is 10.3. The number of anilines is 1. The Kier molecular flexibility index (Phi) is 4.71. The molecule has 2 aromatic rings. The number of hydrogen-bond donors (Lipinski definition) is 0. The van der Waals surface area contributed by atoms with Gasteiger partial charge in [-0.1, -0.05) is 30.7 Å². The average Bonchev–Trinajstić information content (AvgIpc) is 3.26. The highest BCUT2D eigenvalue weighted by atomic mass is 32.2. The Morgan fingerprint density at radius 3 is 2.67 bits per heavy atom. The number of hydrogen-bond acceptors (Lipinski definition) is 5. The van der Waals surface area contributed by atoms with Crippen LogP contribution in [0.3, 0.4) is 0 Å². The van der Waals surface area contributed by atoms with E-state index in [1.165, 1.54) is 31.7 Å². The van der Waals surface area contributed by atoms with Crippen molar-refractivity contribution < 1.29 is 9.13 Å². The monoisotopic (exact) mass is 348 g/mol. The van der Waals surface area contributed by atoms with E-state index in [2.05, 4.69) is 15.1 Å². The maximum absolute atomic E-state index is 13.8. The highest BCUT2D eigenvalue weighted by molar-refractivity contribution is 7.99. The lowest BCUT2D eigenvalue weighted by Crippen LogP contribution is -2.37. The normalized spacial score (nSPS) is 19.1. The van der Waals surface area contributed by atoms with Crippen molar-refractivity contribution in [3.05, 3.63) is 30.1 Å². The molecular weight excluding hydrogens is 327 g/mol. The van der Waals surface area contributed by atoms with E-state index in [0.29, 0.717) is 18.5 Å². The first kappa shape index (κ1) is 15.9. The molecule has 0 radical (unpaired) electrons. The van der Waals surface area contributed by atoms with Gasteiger partial charge in [0, 0.05) is 18.3 Å². The fourth-order valence-corrected chi connectivity index (χ4v) is 4.55. The third-order valence-electron chi connectivity index (χ3n) is 4.55. The third-order valence-corrected chi connectivity index (χ3v) is 5.83. The molecule has 1 aliphatic heterocycles. The second-order valence-corrected chi connectivity index (χ2v) is 7.49. The molecule has 24 heavy (non-hydrogen) atoms. The van der Waals surface area contributed by atoms with Crippen molar-refractivity contribution in [1.29, 1.82) is 0 Å². The molecule has 1 saturated heterocycles. The van der Waals surface area contributed by atoms with Crippen LogP contribution in [0, 0.1) is 5.82 Å². The first-order valence-electron chi connectivity index (χ1n) is 8.52. The summed E-state index contributed by atoms with van der Waals surface area (Å²) in [6.45, 7) is 2.92. The molecule has 1 aromatic carbocycles. The van der Waals surface area contributed by atoms with Crippen molar-refractivity contribution in [1.82, 2.24) is 14.8 Å². The quantitative estimate of drug-likeness (QED) is 0.848. The summed E-state index contributed by atoms with van der Waals surface area (Å²) >= 11 is 1.77. The predicted molar refractivity (Wildman–Crippen MR) is 92.5 cm³/mol. The Morgan fingerprint density at radius 2 is 1.92 bits per heavy atom. The fourth-order valence-electron chi connectivity index (χ4n) is 3.30. The van der Waals surface area contributed by atoms with Gasteiger partial charge in [0.15, 0.2) is 5.16 Å². The number of benzene rings is 1. The van der Waals surface area contributed by atoms with Crippen molar-refractivity contribution in [2.24, 2.45) is 0 Å². The van der Waals surface area contributed by atoms with Crippen molar-refractivity contribution in [2.45, 2.75) is 36.1 Å². The Morgan fingerprint density at radius 1 is 1.12 bits per heavy atom. The van der Waals surface area contributed by atoms with Crippen LogP contribution < -0.4 is 4.90 Å². The summed E-state index contributed by atoms with van der Waals surface area (Å²) in [5.41, 5.74) is 0.780. The van der Waals surface area contributed by atoms with E-state index in [1.54, 1.807) is 23.9 Å². The molecule has 7 heteroatoms. The highest BCUT2D eigenvalue weighted by Gasteiger charge is 2.25. The van der Waals surface area contributed by atoms with Crippen LogP contribution in [0.1, 0.15) is 25.7 Å². The van der Waals surface area contributed by atoms with Crippen LogP contribution >= 0.6 is 11.8 Å². The molecule has 1 saturated carbocycles. The first-order chi connectivity index (χ1) is 11.8. The number of nitrogens with zero attached hydrogens (tertiary/aromatic N) is 4. The maximum atomic E-state index is 13.8. The van der Waals surface area contributed by atoms with Crippen LogP contribution in [0.25, 0.3) is 5.69 Å². The summed E-state index contributed by atoms with van der Waals surface area (Å²) in [6.07, 6.45) is 4.99. The number of ether oxygens (including phenoxy) is 1. The number of aromatic nitrogens is 3. The molecular formula is C17H21FN4OS. The molecule has 2 fully saturated rings. The lowest BCUT2D eigenvalue weighted by atomic mass is 10.3. The van der Waals surface area contributed by atoms with Gasteiger partial charge in [0.25, 0.3) is 0 Å². The summed E-state index contributed by atoms with van der Waals surface area (Å²) in [5.74, 6) is 0.537. The molecule has 128 valence electrons. The van der Waals surface area contributed by atoms with E-state index in [4.69, 9.17) is 4.74 Å². The molecule has 4 rings (SSSR count). The van der Waals surface area contributed by atoms with E-state index in [9.17, 15) is 4.39 Å². The highest BCUT2D eigenvalue weighted by Crippen LogP contribution is 2.36. The number of rotatable bonds is 4. The lowest BCUT2D eigenvalue weighted by Gasteiger charge is -2.28. The second-order valence-electron chi connectivity index (χ2n) is 6.22. The Hall–Kier alpha value is -1.60. The van der Waals surface area contributed by atoms with Crippen LogP contribution in [0.2, 0.25) is 0 Å². The largest absolute Gasteiger partial charge is 0.378 e. The summed E-state index contributed by atoms with van der Waals surface area (Å²) < 4.78 is 21.2. The summed E-state index contributed by atoms with van der Waals surface area (Å²) in [4.78, 5) is 2.17. The van der Waals surface area contributed by atoms with Crippen molar-refractivity contribution in [2.75, 3.05) is 31.2 Å². The van der Waals surface area contributed by atoms with E-state index < -0.39 is 0 Å². The SMILES string of the molecule is Fc1cccc(-n2c(SC3CCCC3)nnc2N2CCOCC2)c1. The number of halogens is 1. The minimum absolute atomic E-state index is 0.244. The molecule has 2 heterocycles. The van der Waals surface area contributed by atoms with Gasteiger partial charge in [-0.05, 0) is 31.0 Å². The van der Waals surface area contributed by atoms with Gasteiger partial charge in [-0.15, -0.1) is 10.2 Å². The van der Waals surface area contributed by atoms with Crippen LogP contribution in [0.15, 0.2) is 29.4 Å². The van der Waals surface area contributed by atoms with Crippen LogP contribution in [0.4, 0.5) is 10.3 Å². The first-order valence-corrected chi connectivity index (χ1v) is 9.40. The average molecular weight is 348 g/mol. The van der Waals surface area contributed by atoms with Crippen molar-refractivity contribution in [3.8, 4) is 5.69 Å². The van der Waals surface area contributed by atoms with Crippen molar-refractivity contribution in [3.63, 3.8) is 0 Å². The molecule has 0 spiro atoms. The molecule has 5 nitrogen and oxygen atoms in total. The molecule has 0 unspecified atom stereocenters. The molecule has 1 aromatic heterocycles. The standard InChI is InChI=1S/C17H21FN4OS/c18-13-4-3-5-14(12-13)22-16(21-8-10-23-11-9-21)19-20-17(22)24-15-6-1-2-7-15/h3-5,12,15H,1-2,6-11H2. The Balaban J connectivity index is 1.71. The van der Waals surface area contributed by atoms with E-state index >= 15 is 0 Å². The lowest BCUT2D eigenvalue weighted by molar-refractivity contribution is 0.122. The van der Waals surface area contributed by atoms with E-state index in [0.717, 1.165) is 29.9 Å². The Labute approximate surface area is 145 Å². The van der Waals surface area contributed by atoms with Gasteiger partial charge in [0.2, 0.25) is 5.95 Å². The zero-order valence-electron chi connectivity index (χ0n) is 13.5. The predicted octanol–water partition coefficient (Wildman–Crippen LogP) is 3.28. The smallest absolute Gasteiger partial charge is 0.232 e. The van der Waals surface area contributed by atoms with Crippen LogP contribution in [-0.4, -0.2) is 46.3 Å². The number of thioether (sulfide) groups is 1. The zero-order chi connectivity index (χ0) is 16.4. The fraction of sp³-hybridized carbons (Fsp3) is 0.529. The minimum atomic E-state index is -0.244. The van der Waals surface area contributed by atoms with E-state index in [1.807, 2.05) is 10.6 Å². The van der Waals surface area contributed by atoms with Gasteiger partial charge in [-0.25, -0.2) is 4.39 Å². The number of morpholine rings is 1. The van der Waals surface area contributed by atoms with Crippen LogP contribution in [-0.2, 0) is 4.74 Å². The topological polar surface area (TPSA) is 43.2 Å². The summed E-state index contributed by atoms with van der Waals surface area (Å²) in [6, 6.07) is 6.66. The van der Waals surface area contributed by atoms with Gasteiger partial charge in [-0.3, -0.25) is 4.57 Å². The maximum Gasteiger partial charge on any atom is 0.232 e. The Bertz CT molecular complexity index is 696.